The number of rotatable bonds is 5. The number of hydrogen-bond donors (Lipinski definition) is 4. The summed E-state index contributed by atoms with van der Waals surface area (Å²) in [6.45, 7) is 1.18. The monoisotopic (exact) mass is 459 g/mol. The first-order chi connectivity index (χ1) is 13.1. The maximum atomic E-state index is 11.3. The maximum absolute atomic E-state index is 11.3. The normalized spacial score (nSPS) is 16.6. The van der Waals surface area contributed by atoms with E-state index in [9.17, 15) is 23.2 Å². The molecule has 1 fully saturated rings. The Balaban J connectivity index is 0.000000283. The van der Waals surface area contributed by atoms with E-state index in [0.29, 0.717) is 25.0 Å². The van der Waals surface area contributed by atoms with E-state index in [2.05, 4.69) is 10.1 Å². The van der Waals surface area contributed by atoms with E-state index in [-0.39, 0.29) is 27.7 Å². The number of methoxy groups -OCH3 is 1. The van der Waals surface area contributed by atoms with Gasteiger partial charge in [0.05, 0.1) is 7.11 Å². The third-order valence-corrected chi connectivity index (χ3v) is 6.34. The summed E-state index contributed by atoms with van der Waals surface area (Å²) in [5.74, 6) is -0.643. The quantitative estimate of drug-likeness (QED) is 0.284. The Morgan fingerprint density at radius 3 is 2.50 bits per heavy atom. The number of Topliss-reactive ketones (excluding diaryl/α,β-unsaturated/α-hetero) is 1. The number of phenolic OH excluding ortho intramolecular Hbond substituents is 1. The van der Waals surface area contributed by atoms with Crippen LogP contribution in [-0.4, -0.2) is 52.2 Å². The van der Waals surface area contributed by atoms with Gasteiger partial charge in [0.25, 0.3) is 0 Å². The zero-order valence-electron chi connectivity index (χ0n) is 15.9. The van der Waals surface area contributed by atoms with Gasteiger partial charge in [0.2, 0.25) is 0 Å². The minimum Gasteiger partial charge on any atom is -0.469 e. The van der Waals surface area contributed by atoms with Gasteiger partial charge in [-0.25, -0.2) is 0 Å². The smallest absolute Gasteiger partial charge is 0.305 e. The van der Waals surface area contributed by atoms with Crippen LogP contribution in [0.3, 0.4) is 0 Å². The van der Waals surface area contributed by atoms with Gasteiger partial charge in [0.15, 0.2) is 0 Å². The Bertz CT molecular complexity index is 758. The Hall–Kier alpha value is -2.09. The third kappa shape index (κ3) is 7.88. The van der Waals surface area contributed by atoms with Crippen LogP contribution < -0.4 is 9.67 Å². The van der Waals surface area contributed by atoms with Gasteiger partial charge in [-0.1, -0.05) is 6.42 Å². The average Bonchev–Trinajstić information content (AvgIpc) is 2.61. The molecule has 1 aliphatic carbocycles. The fourth-order valence-corrected chi connectivity index (χ4v) is 4.39. The van der Waals surface area contributed by atoms with E-state index in [1.54, 1.807) is 0 Å². The summed E-state index contributed by atoms with van der Waals surface area (Å²) in [4.78, 5) is 32.9. The number of carbonyl (C=O) groups is 3. The molecular formula is C18H26AsNO8. The van der Waals surface area contributed by atoms with E-state index < -0.39 is 20.1 Å². The number of aromatic hydroxyl groups is 1. The summed E-state index contributed by atoms with van der Waals surface area (Å²) < 4.78 is 33.3. The van der Waals surface area contributed by atoms with E-state index in [1.807, 2.05) is 0 Å². The predicted octanol–water partition coefficient (Wildman–Crippen LogP) is 0.610. The van der Waals surface area contributed by atoms with Crippen LogP contribution in [0.2, 0.25) is 0 Å². The Labute approximate surface area is 166 Å². The van der Waals surface area contributed by atoms with Gasteiger partial charge in [0.1, 0.15) is 5.78 Å². The van der Waals surface area contributed by atoms with Crippen LogP contribution in [-0.2, 0) is 22.9 Å². The van der Waals surface area contributed by atoms with Crippen LogP contribution in [0, 0.1) is 5.92 Å². The summed E-state index contributed by atoms with van der Waals surface area (Å²) >= 11 is -5.14. The molecule has 2 rings (SSSR count). The van der Waals surface area contributed by atoms with Crippen molar-refractivity contribution in [2.45, 2.75) is 45.4 Å². The van der Waals surface area contributed by atoms with Gasteiger partial charge in [-0.05, 0) is 19.3 Å². The average molecular weight is 459 g/mol. The first-order valence-corrected chi connectivity index (χ1v) is 12.2. The second kappa shape index (κ2) is 11.0. The van der Waals surface area contributed by atoms with Crippen molar-refractivity contribution in [1.29, 1.82) is 0 Å². The van der Waals surface area contributed by atoms with Gasteiger partial charge in [-0.3, -0.25) is 9.59 Å². The molecule has 1 aromatic rings. The maximum Gasteiger partial charge on any atom is 0.305 e. The summed E-state index contributed by atoms with van der Waals surface area (Å²) in [6, 6.07) is 3.71. The molecule has 9 nitrogen and oxygen atoms in total. The molecule has 0 spiro atoms. The molecule has 0 radical (unpaired) electrons. The Morgan fingerprint density at radius 1 is 1.29 bits per heavy atom. The molecular weight excluding hydrogens is 433 g/mol. The first kappa shape index (κ1) is 23.9. The number of para-hydroxylation sites is 1. The summed E-state index contributed by atoms with van der Waals surface area (Å²) in [7, 11) is 1.38. The van der Waals surface area contributed by atoms with Crippen LogP contribution in [0.5, 0.6) is 5.75 Å². The molecule has 0 saturated heterocycles. The molecule has 156 valence electrons. The minimum atomic E-state index is -5.14. The Kier molecular flexibility index (Phi) is 9.44. The van der Waals surface area contributed by atoms with Crippen LogP contribution in [0.4, 0.5) is 5.69 Å². The number of hydrogen-bond acceptors (Lipinski definition) is 6. The van der Waals surface area contributed by atoms with Gasteiger partial charge in [0, 0.05) is 18.8 Å². The largest absolute Gasteiger partial charge is 0.469 e. The zero-order valence-corrected chi connectivity index (χ0v) is 17.8. The number of benzene rings is 1. The standard InChI is InChI=1S/C10H16O3.C8H10AsNO5/c1-13-10(12)7-6-8-4-2-3-5-9(8)11;1-5(11)10-8-6(9(13,14)15)3-2-4-7(8)12/h8H,2-7H2,1H3;2-4,12H,1H3,(H,10,11)(H2,13,14,15). The number of nitrogens with one attached hydrogen (secondary N) is 1. The van der Waals surface area contributed by atoms with Gasteiger partial charge < -0.3 is 4.74 Å². The van der Waals surface area contributed by atoms with E-state index in [4.69, 9.17) is 8.19 Å². The number of esters is 1. The SMILES string of the molecule is CC(=O)Nc1c(O)cccc1[As](=O)(O)O.COC(=O)CCC1CCCCC1=O. The van der Waals surface area contributed by atoms with Crippen molar-refractivity contribution >= 4 is 41.9 Å². The van der Waals surface area contributed by atoms with Crippen molar-refractivity contribution in [2.75, 3.05) is 12.4 Å². The van der Waals surface area contributed by atoms with Crippen LogP contribution in [0.15, 0.2) is 18.2 Å². The molecule has 4 N–H and O–H groups in total. The molecule has 1 amide bonds. The van der Waals surface area contributed by atoms with E-state index in [1.165, 1.54) is 32.2 Å². The fourth-order valence-electron chi connectivity index (χ4n) is 2.83. The molecule has 0 aromatic heterocycles. The molecule has 1 saturated carbocycles. The number of phenols is 1. The molecule has 0 bridgehead atoms. The second-order valence-electron chi connectivity index (χ2n) is 6.42. The van der Waals surface area contributed by atoms with Gasteiger partial charge in [-0.15, -0.1) is 0 Å². The van der Waals surface area contributed by atoms with Gasteiger partial charge in [-0.2, -0.15) is 0 Å². The van der Waals surface area contributed by atoms with E-state index >= 15 is 0 Å². The molecule has 1 aromatic carbocycles. The number of amides is 1. The number of anilines is 1. The Morgan fingerprint density at radius 2 is 1.96 bits per heavy atom. The topological polar surface area (TPSA) is 150 Å². The molecule has 1 unspecified atom stereocenters. The van der Waals surface area contributed by atoms with E-state index in [0.717, 1.165) is 19.3 Å². The van der Waals surface area contributed by atoms with Crippen molar-refractivity contribution < 1.29 is 36.2 Å². The molecule has 10 heteroatoms. The first-order valence-electron chi connectivity index (χ1n) is 8.81. The summed E-state index contributed by atoms with van der Waals surface area (Å²) in [6.07, 6.45) is 4.85. The molecule has 0 heterocycles. The van der Waals surface area contributed by atoms with Crippen molar-refractivity contribution in [3.05, 3.63) is 18.2 Å². The van der Waals surface area contributed by atoms with Crippen LogP contribution in [0.25, 0.3) is 0 Å². The number of carbonyl (C=O) groups excluding carboxylic acids is 3. The van der Waals surface area contributed by atoms with Crippen molar-refractivity contribution in [3.63, 3.8) is 0 Å². The fraction of sp³-hybridized carbons (Fsp3) is 0.500. The van der Waals surface area contributed by atoms with Crippen molar-refractivity contribution in [1.82, 2.24) is 0 Å². The molecule has 0 aliphatic heterocycles. The number of ketones is 1. The second-order valence-corrected chi connectivity index (χ2v) is 9.71. The summed E-state index contributed by atoms with van der Waals surface area (Å²) in [5.41, 5.74) is -0.225. The molecule has 1 aliphatic rings. The van der Waals surface area contributed by atoms with Crippen molar-refractivity contribution in [2.24, 2.45) is 5.92 Å². The molecule has 1 atom stereocenters. The number of ether oxygens (including phenoxy) is 1. The zero-order chi connectivity index (χ0) is 21.3. The molecule has 28 heavy (non-hydrogen) atoms. The van der Waals surface area contributed by atoms with Gasteiger partial charge >= 0.3 is 94.1 Å². The van der Waals surface area contributed by atoms with Crippen molar-refractivity contribution in [3.8, 4) is 5.75 Å². The predicted molar refractivity (Wildman–Crippen MR) is 101 cm³/mol. The van der Waals surface area contributed by atoms with Crippen LogP contribution >= 0.6 is 0 Å². The minimum absolute atomic E-state index is 0.118. The summed E-state index contributed by atoms with van der Waals surface area (Å²) in [5, 5.41) is 11.5. The third-order valence-electron chi connectivity index (χ3n) is 4.24. The van der Waals surface area contributed by atoms with Crippen LogP contribution in [0.1, 0.15) is 45.4 Å².